The van der Waals surface area contributed by atoms with Crippen LogP contribution in [0.3, 0.4) is 0 Å². The Hall–Kier alpha value is -3.34. The van der Waals surface area contributed by atoms with Crippen LogP contribution >= 0.6 is 0 Å². The maximum absolute atomic E-state index is 13.0. The van der Waals surface area contributed by atoms with Gasteiger partial charge in [0.05, 0.1) is 5.69 Å². The molecule has 3 aromatic rings. The van der Waals surface area contributed by atoms with Crippen molar-refractivity contribution in [1.29, 1.82) is 0 Å². The largest absolute Gasteiger partial charge is 0.433 e. The molecule has 0 aliphatic heterocycles. The Morgan fingerprint density at radius 3 is 2.50 bits per heavy atom. The maximum atomic E-state index is 13.0. The number of hydrogen-bond acceptors (Lipinski definition) is 4. The minimum Gasteiger partial charge on any atom is -0.327 e. The summed E-state index contributed by atoms with van der Waals surface area (Å²) in [6.45, 7) is 1.25. The number of rotatable bonds is 5. The number of pyridine rings is 1. The van der Waals surface area contributed by atoms with Gasteiger partial charge >= 0.3 is 11.9 Å². The third-order valence-electron chi connectivity index (χ3n) is 4.54. The van der Waals surface area contributed by atoms with Crippen molar-refractivity contribution in [2.75, 3.05) is 6.54 Å². The van der Waals surface area contributed by atoms with Gasteiger partial charge in [-0.2, -0.15) is 27.1 Å². The molecule has 2 aromatic heterocycles. The number of benzene rings is 1. The minimum absolute atomic E-state index is 0.0269. The number of nitrogens with one attached hydrogen (secondary N) is 1. The van der Waals surface area contributed by atoms with Gasteiger partial charge in [0.15, 0.2) is 0 Å². The zero-order valence-electron chi connectivity index (χ0n) is 15.6. The van der Waals surface area contributed by atoms with Gasteiger partial charge in [0.25, 0.3) is 6.08 Å². The van der Waals surface area contributed by atoms with Gasteiger partial charge < -0.3 is 5.73 Å². The molecular formula is C19H16F5N5O. The predicted molar refractivity (Wildman–Crippen MR) is 99.2 cm³/mol. The summed E-state index contributed by atoms with van der Waals surface area (Å²) in [6.07, 6.45) is -5.76. The Kier molecular flexibility index (Phi) is 5.83. The number of halogens is 5. The fourth-order valence-corrected chi connectivity index (χ4v) is 3.00. The summed E-state index contributed by atoms with van der Waals surface area (Å²) in [5.74, 6) is 0.0269. The van der Waals surface area contributed by atoms with Gasteiger partial charge in [0.2, 0.25) is 0 Å². The van der Waals surface area contributed by atoms with Gasteiger partial charge in [-0.05, 0) is 30.2 Å². The third-order valence-corrected chi connectivity index (χ3v) is 4.54. The Morgan fingerprint density at radius 1 is 1.20 bits per heavy atom. The smallest absolute Gasteiger partial charge is 0.327 e. The first-order valence-electron chi connectivity index (χ1n) is 8.66. The third kappa shape index (κ3) is 4.15. The first-order valence-corrected chi connectivity index (χ1v) is 8.66. The summed E-state index contributed by atoms with van der Waals surface area (Å²) in [5.41, 5.74) is 5.10. The molecule has 0 radical (unpaired) electrons. The highest BCUT2D eigenvalue weighted by Gasteiger charge is 2.32. The minimum atomic E-state index is -4.56. The molecule has 0 amide bonds. The van der Waals surface area contributed by atoms with Crippen LogP contribution in [0.15, 0.2) is 53.0 Å². The van der Waals surface area contributed by atoms with E-state index in [1.807, 2.05) is 0 Å². The van der Waals surface area contributed by atoms with Gasteiger partial charge in [-0.15, -0.1) is 0 Å². The predicted octanol–water partition coefficient (Wildman–Crippen LogP) is 3.60. The molecule has 11 heteroatoms. The summed E-state index contributed by atoms with van der Waals surface area (Å²) in [6, 6.07) is 6.96. The second-order valence-corrected chi connectivity index (χ2v) is 6.40. The van der Waals surface area contributed by atoms with Gasteiger partial charge in [0.1, 0.15) is 11.5 Å². The van der Waals surface area contributed by atoms with Gasteiger partial charge in [-0.1, -0.05) is 18.2 Å². The second-order valence-electron chi connectivity index (χ2n) is 6.40. The lowest BCUT2D eigenvalue weighted by molar-refractivity contribution is -0.141. The molecule has 2 heterocycles. The molecule has 6 nitrogen and oxygen atoms in total. The van der Waals surface area contributed by atoms with Crippen LogP contribution in [0.1, 0.15) is 17.1 Å². The summed E-state index contributed by atoms with van der Waals surface area (Å²) < 4.78 is 65.4. The second kappa shape index (κ2) is 8.19. The summed E-state index contributed by atoms with van der Waals surface area (Å²) in [4.78, 5) is 15.8. The molecule has 158 valence electrons. The molecule has 0 saturated carbocycles. The molecule has 0 aliphatic carbocycles. The van der Waals surface area contributed by atoms with Crippen LogP contribution in [0.25, 0.3) is 16.8 Å². The average molecular weight is 425 g/mol. The summed E-state index contributed by atoms with van der Waals surface area (Å²) in [7, 11) is 0. The first kappa shape index (κ1) is 21.4. The van der Waals surface area contributed by atoms with Crippen molar-refractivity contribution in [3.05, 3.63) is 75.7 Å². The lowest BCUT2D eigenvalue weighted by atomic mass is 10.00. The Labute approximate surface area is 166 Å². The SMILES string of the molecule is Cc1c(-c2ccc(C(F)(F)F)nc2)cccc1-n1c(CC(CN)=C(F)F)n[nH]c1=O. The summed E-state index contributed by atoms with van der Waals surface area (Å²) in [5, 5.41) is 6.04. The number of H-pyrrole nitrogens is 1. The van der Waals surface area contributed by atoms with E-state index >= 15 is 0 Å². The maximum Gasteiger partial charge on any atom is 0.433 e. The van der Waals surface area contributed by atoms with Crippen molar-refractivity contribution in [2.24, 2.45) is 5.73 Å². The molecular weight excluding hydrogens is 409 g/mol. The van der Waals surface area contributed by atoms with E-state index in [1.165, 1.54) is 6.07 Å². The van der Waals surface area contributed by atoms with Gasteiger partial charge in [-0.3, -0.25) is 4.98 Å². The van der Waals surface area contributed by atoms with Crippen LogP contribution in [0.2, 0.25) is 0 Å². The van der Waals surface area contributed by atoms with E-state index in [-0.39, 0.29) is 17.8 Å². The van der Waals surface area contributed by atoms with Gasteiger partial charge in [-0.25, -0.2) is 14.5 Å². The van der Waals surface area contributed by atoms with Crippen molar-refractivity contribution in [2.45, 2.75) is 19.5 Å². The Balaban J connectivity index is 2.08. The molecule has 0 spiro atoms. The molecule has 0 aliphatic rings. The van der Waals surface area contributed by atoms with Crippen LogP contribution in [0.4, 0.5) is 22.0 Å². The molecule has 3 N–H and O–H groups in total. The van der Waals surface area contributed by atoms with E-state index < -0.39 is 30.2 Å². The zero-order chi connectivity index (χ0) is 22.1. The Morgan fingerprint density at radius 2 is 1.93 bits per heavy atom. The molecule has 0 saturated heterocycles. The van der Waals surface area contributed by atoms with E-state index in [4.69, 9.17) is 5.73 Å². The molecule has 30 heavy (non-hydrogen) atoms. The highest BCUT2D eigenvalue weighted by atomic mass is 19.4. The van der Waals surface area contributed by atoms with E-state index in [1.54, 1.807) is 25.1 Å². The molecule has 0 atom stereocenters. The topological polar surface area (TPSA) is 89.6 Å². The first-order chi connectivity index (χ1) is 14.1. The monoisotopic (exact) mass is 425 g/mol. The van der Waals surface area contributed by atoms with Crippen LogP contribution < -0.4 is 11.4 Å². The van der Waals surface area contributed by atoms with E-state index in [0.717, 1.165) is 16.8 Å². The quantitative estimate of drug-likeness (QED) is 0.612. The van der Waals surface area contributed by atoms with Crippen LogP contribution in [0, 0.1) is 6.92 Å². The van der Waals surface area contributed by atoms with Crippen molar-refractivity contribution in [3.63, 3.8) is 0 Å². The molecule has 0 bridgehead atoms. The van der Waals surface area contributed by atoms with Crippen LogP contribution in [-0.2, 0) is 12.6 Å². The molecule has 0 unspecified atom stereocenters. The lowest BCUT2D eigenvalue weighted by Crippen LogP contribution is -2.19. The zero-order valence-corrected chi connectivity index (χ0v) is 15.6. The highest BCUT2D eigenvalue weighted by molar-refractivity contribution is 5.70. The van der Waals surface area contributed by atoms with Crippen molar-refractivity contribution in [3.8, 4) is 16.8 Å². The van der Waals surface area contributed by atoms with E-state index in [0.29, 0.717) is 22.4 Å². The van der Waals surface area contributed by atoms with Crippen molar-refractivity contribution < 1.29 is 22.0 Å². The fourth-order valence-electron chi connectivity index (χ4n) is 3.00. The molecule has 0 fully saturated rings. The molecule has 1 aromatic carbocycles. The van der Waals surface area contributed by atoms with E-state index in [2.05, 4.69) is 15.2 Å². The van der Waals surface area contributed by atoms with Crippen LogP contribution in [-0.4, -0.2) is 26.3 Å². The number of aromatic amines is 1. The highest BCUT2D eigenvalue weighted by Crippen LogP contribution is 2.31. The number of aromatic nitrogens is 4. The van der Waals surface area contributed by atoms with Crippen molar-refractivity contribution in [1.82, 2.24) is 19.7 Å². The standard InChI is InChI=1S/C19H16F5N5O/c1-10-13(11-5-6-15(26-9-11)19(22,23)24)3-2-4-14(10)29-16(27-28-18(29)30)7-12(8-25)17(20)21/h2-6,9H,7-8,25H2,1H3,(H,28,30). The Bertz CT molecular complexity index is 1140. The van der Waals surface area contributed by atoms with Crippen LogP contribution in [0.5, 0.6) is 0 Å². The number of nitrogens with two attached hydrogens (primary N) is 1. The molecule has 3 rings (SSSR count). The van der Waals surface area contributed by atoms with Crippen molar-refractivity contribution >= 4 is 0 Å². The fraction of sp³-hybridized carbons (Fsp3) is 0.211. The summed E-state index contributed by atoms with van der Waals surface area (Å²) >= 11 is 0. The normalized spacial score (nSPS) is 11.6. The van der Waals surface area contributed by atoms with E-state index in [9.17, 15) is 26.7 Å². The number of alkyl halides is 3. The lowest BCUT2D eigenvalue weighted by Gasteiger charge is -2.14. The average Bonchev–Trinajstić information content (AvgIpc) is 3.05. The number of nitrogens with zero attached hydrogens (tertiary/aromatic N) is 3. The van der Waals surface area contributed by atoms with Gasteiger partial charge in [0, 0.05) is 30.3 Å². The number of hydrogen-bond donors (Lipinski definition) is 2.